The highest BCUT2D eigenvalue weighted by Gasteiger charge is 2.13. The molecule has 1 atom stereocenters. The van der Waals surface area contributed by atoms with Gasteiger partial charge in [0.25, 0.3) is 0 Å². The van der Waals surface area contributed by atoms with Crippen LogP contribution in [0.3, 0.4) is 0 Å². The Morgan fingerprint density at radius 1 is 1.42 bits per heavy atom. The second-order valence-corrected chi connectivity index (χ2v) is 4.01. The zero-order valence-electron chi connectivity index (χ0n) is 10.6. The van der Waals surface area contributed by atoms with Crippen molar-refractivity contribution in [3.63, 3.8) is 0 Å². The van der Waals surface area contributed by atoms with Crippen LogP contribution in [0.25, 0.3) is 0 Å². The molecule has 1 amide bonds. The SMILES string of the molecule is C[C@H](NC(=O)CCCOc1ccccc1F)C(=O)O. The number of carboxylic acids is 1. The summed E-state index contributed by atoms with van der Waals surface area (Å²) in [7, 11) is 0. The summed E-state index contributed by atoms with van der Waals surface area (Å²) in [5.41, 5.74) is 0. The summed E-state index contributed by atoms with van der Waals surface area (Å²) >= 11 is 0. The second-order valence-electron chi connectivity index (χ2n) is 4.01. The van der Waals surface area contributed by atoms with E-state index in [1.165, 1.54) is 19.1 Å². The Morgan fingerprint density at radius 2 is 2.11 bits per heavy atom. The predicted octanol–water partition coefficient (Wildman–Crippen LogP) is 1.57. The van der Waals surface area contributed by atoms with E-state index in [0.29, 0.717) is 6.42 Å². The number of ether oxygens (including phenoxy) is 1. The molecule has 0 aliphatic heterocycles. The highest BCUT2D eigenvalue weighted by atomic mass is 19.1. The average molecular weight is 269 g/mol. The molecule has 1 aromatic rings. The van der Waals surface area contributed by atoms with E-state index in [-0.39, 0.29) is 24.7 Å². The molecule has 19 heavy (non-hydrogen) atoms. The number of benzene rings is 1. The van der Waals surface area contributed by atoms with E-state index in [2.05, 4.69) is 5.32 Å². The fourth-order valence-electron chi connectivity index (χ4n) is 1.35. The van der Waals surface area contributed by atoms with Gasteiger partial charge in [0.15, 0.2) is 11.6 Å². The number of amides is 1. The first-order chi connectivity index (χ1) is 9.00. The summed E-state index contributed by atoms with van der Waals surface area (Å²) in [4.78, 5) is 21.8. The van der Waals surface area contributed by atoms with Crippen LogP contribution in [0.15, 0.2) is 24.3 Å². The van der Waals surface area contributed by atoms with Gasteiger partial charge in [-0.1, -0.05) is 12.1 Å². The fourth-order valence-corrected chi connectivity index (χ4v) is 1.35. The van der Waals surface area contributed by atoms with E-state index in [0.717, 1.165) is 0 Å². The predicted molar refractivity (Wildman–Crippen MR) is 66.4 cm³/mol. The highest BCUT2D eigenvalue weighted by molar-refractivity contribution is 5.83. The fraction of sp³-hybridized carbons (Fsp3) is 0.385. The Labute approximate surface area is 110 Å². The normalized spacial score (nSPS) is 11.7. The zero-order valence-corrected chi connectivity index (χ0v) is 10.6. The van der Waals surface area contributed by atoms with Crippen LogP contribution in [-0.2, 0) is 9.59 Å². The maximum absolute atomic E-state index is 13.2. The Hall–Kier alpha value is -2.11. The van der Waals surface area contributed by atoms with E-state index in [1.54, 1.807) is 12.1 Å². The molecule has 2 N–H and O–H groups in total. The van der Waals surface area contributed by atoms with E-state index in [4.69, 9.17) is 9.84 Å². The van der Waals surface area contributed by atoms with Crippen LogP contribution in [0, 0.1) is 5.82 Å². The number of carbonyl (C=O) groups is 2. The van der Waals surface area contributed by atoms with Crippen molar-refractivity contribution >= 4 is 11.9 Å². The van der Waals surface area contributed by atoms with Gasteiger partial charge in [-0.15, -0.1) is 0 Å². The van der Waals surface area contributed by atoms with Gasteiger partial charge < -0.3 is 15.2 Å². The molecule has 0 saturated carbocycles. The third kappa shape index (κ3) is 5.37. The van der Waals surface area contributed by atoms with Crippen LogP contribution < -0.4 is 10.1 Å². The van der Waals surface area contributed by atoms with Crippen molar-refractivity contribution in [3.8, 4) is 5.75 Å². The third-order valence-electron chi connectivity index (χ3n) is 2.39. The monoisotopic (exact) mass is 269 g/mol. The summed E-state index contributed by atoms with van der Waals surface area (Å²) in [5, 5.41) is 10.9. The molecule has 1 rings (SSSR count). The molecule has 6 heteroatoms. The summed E-state index contributed by atoms with van der Waals surface area (Å²) in [5.74, 6) is -1.77. The van der Waals surface area contributed by atoms with E-state index in [1.807, 2.05) is 0 Å². The van der Waals surface area contributed by atoms with Gasteiger partial charge in [0.05, 0.1) is 6.61 Å². The lowest BCUT2D eigenvalue weighted by Gasteiger charge is -2.09. The van der Waals surface area contributed by atoms with Crippen LogP contribution >= 0.6 is 0 Å². The molecule has 1 aromatic carbocycles. The number of carbonyl (C=O) groups excluding carboxylic acids is 1. The molecule has 5 nitrogen and oxygen atoms in total. The van der Waals surface area contributed by atoms with Crippen LogP contribution in [-0.4, -0.2) is 29.6 Å². The highest BCUT2D eigenvalue weighted by Crippen LogP contribution is 2.15. The minimum absolute atomic E-state index is 0.131. The molecule has 0 aliphatic rings. The van der Waals surface area contributed by atoms with Gasteiger partial charge in [-0.05, 0) is 25.5 Å². The minimum Gasteiger partial charge on any atom is -0.491 e. The maximum Gasteiger partial charge on any atom is 0.325 e. The quantitative estimate of drug-likeness (QED) is 0.737. The molecule has 0 aliphatic carbocycles. The summed E-state index contributed by atoms with van der Waals surface area (Å²) in [6.45, 7) is 1.58. The molecule has 104 valence electrons. The van der Waals surface area contributed by atoms with Gasteiger partial charge >= 0.3 is 5.97 Å². The molecule has 0 saturated heterocycles. The van der Waals surface area contributed by atoms with Gasteiger partial charge in [0.1, 0.15) is 6.04 Å². The molecule has 0 radical (unpaired) electrons. The number of carboxylic acid groups (broad SMARTS) is 1. The molecular weight excluding hydrogens is 253 g/mol. The molecule has 0 aromatic heterocycles. The minimum atomic E-state index is -1.09. The van der Waals surface area contributed by atoms with Crippen molar-refractivity contribution in [2.24, 2.45) is 0 Å². The van der Waals surface area contributed by atoms with Crippen molar-refractivity contribution in [1.29, 1.82) is 0 Å². The number of rotatable bonds is 7. The average Bonchev–Trinajstić information content (AvgIpc) is 2.36. The number of hydrogen-bond acceptors (Lipinski definition) is 3. The molecule has 0 unspecified atom stereocenters. The smallest absolute Gasteiger partial charge is 0.325 e. The summed E-state index contributed by atoms with van der Waals surface area (Å²) < 4.78 is 18.3. The first-order valence-corrected chi connectivity index (χ1v) is 5.90. The van der Waals surface area contributed by atoms with E-state index >= 15 is 0 Å². The number of aliphatic carboxylic acids is 1. The van der Waals surface area contributed by atoms with Crippen molar-refractivity contribution in [2.75, 3.05) is 6.61 Å². The summed E-state index contributed by atoms with van der Waals surface area (Å²) in [6.07, 6.45) is 0.512. The molecular formula is C13H16FNO4. The van der Waals surface area contributed by atoms with Crippen molar-refractivity contribution in [1.82, 2.24) is 5.32 Å². The van der Waals surface area contributed by atoms with Crippen molar-refractivity contribution in [2.45, 2.75) is 25.8 Å². The van der Waals surface area contributed by atoms with Crippen LogP contribution in [0.5, 0.6) is 5.75 Å². The van der Waals surface area contributed by atoms with Gasteiger partial charge in [-0.3, -0.25) is 9.59 Å². The summed E-state index contributed by atoms with van der Waals surface area (Å²) in [6, 6.07) is 5.08. The third-order valence-corrected chi connectivity index (χ3v) is 2.39. The molecule has 0 fully saturated rings. The first kappa shape index (κ1) is 14.9. The molecule has 0 bridgehead atoms. The van der Waals surface area contributed by atoms with Gasteiger partial charge in [0, 0.05) is 6.42 Å². The largest absolute Gasteiger partial charge is 0.491 e. The number of nitrogens with one attached hydrogen (secondary N) is 1. The molecule has 0 heterocycles. The number of halogens is 1. The van der Waals surface area contributed by atoms with Crippen molar-refractivity contribution in [3.05, 3.63) is 30.1 Å². The lowest BCUT2D eigenvalue weighted by molar-refractivity contribution is -0.141. The van der Waals surface area contributed by atoms with E-state index < -0.39 is 17.8 Å². The standard InChI is InChI=1S/C13H16FNO4/c1-9(13(17)18)15-12(16)7-4-8-19-11-6-3-2-5-10(11)14/h2-3,5-6,9H,4,7-8H2,1H3,(H,15,16)(H,17,18)/t9-/m0/s1. The number of hydrogen-bond donors (Lipinski definition) is 2. The zero-order chi connectivity index (χ0) is 14.3. The number of para-hydroxylation sites is 1. The topological polar surface area (TPSA) is 75.6 Å². The second kappa shape index (κ2) is 7.35. The van der Waals surface area contributed by atoms with Crippen LogP contribution in [0.4, 0.5) is 4.39 Å². The lowest BCUT2D eigenvalue weighted by atomic mass is 10.2. The van der Waals surface area contributed by atoms with Crippen LogP contribution in [0.1, 0.15) is 19.8 Å². The Balaban J connectivity index is 2.23. The molecule has 0 spiro atoms. The van der Waals surface area contributed by atoms with Crippen molar-refractivity contribution < 1.29 is 23.8 Å². The first-order valence-electron chi connectivity index (χ1n) is 5.90. The van der Waals surface area contributed by atoms with Crippen LogP contribution in [0.2, 0.25) is 0 Å². The Bertz CT molecular complexity index is 450. The Kier molecular flexibility index (Phi) is 5.78. The Morgan fingerprint density at radius 3 is 2.74 bits per heavy atom. The maximum atomic E-state index is 13.2. The van der Waals surface area contributed by atoms with Gasteiger partial charge in [0.2, 0.25) is 5.91 Å². The van der Waals surface area contributed by atoms with Gasteiger partial charge in [-0.25, -0.2) is 4.39 Å². The van der Waals surface area contributed by atoms with E-state index in [9.17, 15) is 14.0 Å². The van der Waals surface area contributed by atoms with Gasteiger partial charge in [-0.2, -0.15) is 0 Å². The lowest BCUT2D eigenvalue weighted by Crippen LogP contribution is -2.38.